The summed E-state index contributed by atoms with van der Waals surface area (Å²) in [5.41, 5.74) is -0.727. The lowest BCUT2D eigenvalue weighted by Gasteiger charge is -2.25. The lowest BCUT2D eigenvalue weighted by Crippen LogP contribution is -2.30. The second kappa shape index (κ2) is 7.14. The fourth-order valence-electron chi connectivity index (χ4n) is 3.15. The Morgan fingerprint density at radius 3 is 2.52 bits per heavy atom. The SMILES string of the molecule is CC1(C)CCCN(c2cnn(-c3ccc(C(F)(F)F)cn3)c(=O)c2Cl)CC1. The van der Waals surface area contributed by atoms with Crippen LogP contribution in [0.3, 0.4) is 0 Å². The van der Waals surface area contributed by atoms with E-state index in [9.17, 15) is 18.0 Å². The number of hydrogen-bond donors (Lipinski definition) is 0. The van der Waals surface area contributed by atoms with Crippen molar-refractivity contribution in [2.75, 3.05) is 18.0 Å². The molecule has 0 atom stereocenters. The van der Waals surface area contributed by atoms with Crippen LogP contribution in [0.1, 0.15) is 38.7 Å². The molecule has 1 saturated heterocycles. The molecule has 0 amide bonds. The average Bonchev–Trinajstić information content (AvgIpc) is 2.77. The Morgan fingerprint density at radius 2 is 1.89 bits per heavy atom. The van der Waals surface area contributed by atoms with E-state index in [4.69, 9.17) is 11.6 Å². The molecule has 1 aliphatic rings. The van der Waals surface area contributed by atoms with Gasteiger partial charge in [-0.05, 0) is 36.8 Å². The molecule has 0 unspecified atom stereocenters. The fraction of sp³-hybridized carbons (Fsp3) is 0.500. The number of pyridine rings is 1. The molecule has 0 aromatic carbocycles. The lowest BCUT2D eigenvalue weighted by atomic mass is 9.85. The molecule has 0 radical (unpaired) electrons. The highest BCUT2D eigenvalue weighted by atomic mass is 35.5. The number of aromatic nitrogens is 3. The molecule has 1 aliphatic heterocycles. The molecular formula is C18H20ClF3N4O. The molecule has 146 valence electrons. The van der Waals surface area contributed by atoms with Crippen molar-refractivity contribution in [3.8, 4) is 5.82 Å². The van der Waals surface area contributed by atoms with E-state index in [0.29, 0.717) is 11.9 Å². The van der Waals surface area contributed by atoms with Crippen molar-refractivity contribution in [3.63, 3.8) is 0 Å². The van der Waals surface area contributed by atoms with Gasteiger partial charge in [-0.1, -0.05) is 25.4 Å². The molecule has 2 aromatic rings. The number of rotatable bonds is 2. The Balaban J connectivity index is 1.90. The van der Waals surface area contributed by atoms with Gasteiger partial charge in [0.1, 0.15) is 5.02 Å². The third-order valence-electron chi connectivity index (χ3n) is 4.87. The summed E-state index contributed by atoms with van der Waals surface area (Å²) in [6.45, 7) is 5.96. The van der Waals surface area contributed by atoms with E-state index in [-0.39, 0.29) is 16.3 Å². The van der Waals surface area contributed by atoms with Crippen LogP contribution in [-0.2, 0) is 6.18 Å². The number of alkyl halides is 3. The van der Waals surface area contributed by atoms with Crippen LogP contribution in [0.2, 0.25) is 5.02 Å². The smallest absolute Gasteiger partial charge is 0.369 e. The molecule has 27 heavy (non-hydrogen) atoms. The Morgan fingerprint density at radius 1 is 1.15 bits per heavy atom. The Kier molecular flexibility index (Phi) is 5.20. The van der Waals surface area contributed by atoms with Gasteiger partial charge in [-0.2, -0.15) is 23.0 Å². The molecular weight excluding hydrogens is 381 g/mol. The number of anilines is 1. The summed E-state index contributed by atoms with van der Waals surface area (Å²) in [6.07, 6.45) is 0.677. The van der Waals surface area contributed by atoms with E-state index in [1.165, 1.54) is 6.20 Å². The zero-order valence-corrected chi connectivity index (χ0v) is 15.8. The summed E-state index contributed by atoms with van der Waals surface area (Å²) < 4.78 is 38.9. The van der Waals surface area contributed by atoms with Crippen LogP contribution in [0.15, 0.2) is 29.3 Å². The molecule has 9 heteroatoms. The van der Waals surface area contributed by atoms with Crippen molar-refractivity contribution in [1.82, 2.24) is 14.8 Å². The topological polar surface area (TPSA) is 51.0 Å². The van der Waals surface area contributed by atoms with E-state index < -0.39 is 17.3 Å². The standard InChI is InChI=1S/C18H20ClF3N4O/c1-17(2)6-3-8-25(9-7-17)13-11-24-26(16(27)15(13)19)14-5-4-12(10-23-14)18(20,21)22/h4-5,10-11H,3,6-9H2,1-2H3. The number of hydrogen-bond acceptors (Lipinski definition) is 4. The quantitative estimate of drug-likeness (QED) is 0.753. The lowest BCUT2D eigenvalue weighted by molar-refractivity contribution is -0.137. The number of nitrogens with zero attached hydrogens (tertiary/aromatic N) is 4. The van der Waals surface area contributed by atoms with Crippen LogP contribution in [0.4, 0.5) is 18.9 Å². The fourth-order valence-corrected chi connectivity index (χ4v) is 3.40. The van der Waals surface area contributed by atoms with Crippen molar-refractivity contribution in [1.29, 1.82) is 0 Å². The molecule has 0 N–H and O–H groups in total. The third-order valence-corrected chi connectivity index (χ3v) is 5.23. The van der Waals surface area contributed by atoms with Gasteiger partial charge in [-0.15, -0.1) is 0 Å². The first-order valence-electron chi connectivity index (χ1n) is 8.65. The van der Waals surface area contributed by atoms with Gasteiger partial charge in [0, 0.05) is 19.3 Å². The molecule has 1 fully saturated rings. The van der Waals surface area contributed by atoms with Gasteiger partial charge in [0.15, 0.2) is 5.82 Å². The van der Waals surface area contributed by atoms with Crippen molar-refractivity contribution in [2.24, 2.45) is 5.41 Å². The summed E-state index contributed by atoms with van der Waals surface area (Å²) in [5, 5.41) is 4.07. The van der Waals surface area contributed by atoms with Crippen LogP contribution in [0.25, 0.3) is 5.82 Å². The van der Waals surface area contributed by atoms with Gasteiger partial charge in [0.2, 0.25) is 0 Å². The zero-order valence-electron chi connectivity index (χ0n) is 15.1. The van der Waals surface area contributed by atoms with Crippen LogP contribution >= 0.6 is 11.6 Å². The zero-order chi connectivity index (χ0) is 19.8. The third kappa shape index (κ3) is 4.26. The summed E-state index contributed by atoms with van der Waals surface area (Å²) >= 11 is 6.29. The van der Waals surface area contributed by atoms with Gasteiger partial charge in [-0.25, -0.2) is 4.98 Å². The highest BCUT2D eigenvalue weighted by Crippen LogP contribution is 2.33. The molecule has 0 bridgehead atoms. The van der Waals surface area contributed by atoms with Gasteiger partial charge in [-0.3, -0.25) is 4.79 Å². The Bertz CT molecular complexity index is 878. The molecule has 3 heterocycles. The van der Waals surface area contributed by atoms with Crippen LogP contribution in [0, 0.1) is 5.41 Å². The summed E-state index contributed by atoms with van der Waals surface area (Å²) in [5.74, 6) is -0.0153. The van der Waals surface area contributed by atoms with Crippen LogP contribution in [-0.4, -0.2) is 27.9 Å². The molecule has 2 aromatic heterocycles. The normalized spacial score (nSPS) is 17.6. The summed E-state index contributed by atoms with van der Waals surface area (Å²) in [7, 11) is 0. The minimum absolute atomic E-state index is 0.00796. The van der Waals surface area contributed by atoms with E-state index in [2.05, 4.69) is 23.9 Å². The highest BCUT2D eigenvalue weighted by molar-refractivity contribution is 6.33. The van der Waals surface area contributed by atoms with E-state index in [1.54, 1.807) is 0 Å². The van der Waals surface area contributed by atoms with Gasteiger partial charge in [0.25, 0.3) is 5.56 Å². The van der Waals surface area contributed by atoms with Crippen molar-refractivity contribution < 1.29 is 13.2 Å². The van der Waals surface area contributed by atoms with Gasteiger partial charge >= 0.3 is 6.18 Å². The van der Waals surface area contributed by atoms with Crippen molar-refractivity contribution >= 4 is 17.3 Å². The van der Waals surface area contributed by atoms with Crippen molar-refractivity contribution in [2.45, 2.75) is 39.3 Å². The molecule has 3 rings (SSSR count). The molecule has 5 nitrogen and oxygen atoms in total. The summed E-state index contributed by atoms with van der Waals surface area (Å²) in [4.78, 5) is 18.3. The average molecular weight is 401 g/mol. The maximum atomic E-state index is 12.7. The first-order valence-corrected chi connectivity index (χ1v) is 9.03. The van der Waals surface area contributed by atoms with Crippen molar-refractivity contribution in [3.05, 3.63) is 45.5 Å². The molecule has 0 saturated carbocycles. The van der Waals surface area contributed by atoms with Crippen LogP contribution in [0.5, 0.6) is 0 Å². The van der Waals surface area contributed by atoms with Gasteiger partial charge in [0.05, 0.1) is 17.4 Å². The molecule has 0 aliphatic carbocycles. The predicted molar refractivity (Wildman–Crippen MR) is 97.5 cm³/mol. The first-order chi connectivity index (χ1) is 12.6. The first kappa shape index (κ1) is 19.7. The largest absolute Gasteiger partial charge is 0.417 e. The maximum Gasteiger partial charge on any atom is 0.417 e. The monoisotopic (exact) mass is 400 g/mol. The number of halogens is 4. The minimum Gasteiger partial charge on any atom is -0.369 e. The van der Waals surface area contributed by atoms with Crippen LogP contribution < -0.4 is 10.5 Å². The predicted octanol–water partition coefficient (Wildman–Crippen LogP) is 4.32. The second-order valence-corrected chi connectivity index (χ2v) is 7.85. The van der Waals surface area contributed by atoms with E-state index in [1.807, 2.05) is 4.90 Å². The highest BCUT2D eigenvalue weighted by Gasteiger charge is 2.31. The van der Waals surface area contributed by atoms with E-state index >= 15 is 0 Å². The second-order valence-electron chi connectivity index (χ2n) is 7.47. The Labute approximate surface area is 159 Å². The molecule has 0 spiro atoms. The van der Waals surface area contributed by atoms with E-state index in [0.717, 1.165) is 49.2 Å². The maximum absolute atomic E-state index is 12.7. The minimum atomic E-state index is -4.49. The van der Waals surface area contributed by atoms with Gasteiger partial charge < -0.3 is 4.90 Å². The summed E-state index contributed by atoms with van der Waals surface area (Å²) in [6, 6.07) is 1.96. The Hall–Kier alpha value is -2.09.